The Kier molecular flexibility index (Phi) is 3.48. The third kappa shape index (κ3) is 2.81. The van der Waals surface area contributed by atoms with Crippen LogP contribution in [0.15, 0.2) is 33.5 Å². The van der Waals surface area contributed by atoms with Crippen LogP contribution in [0.5, 0.6) is 0 Å². The second-order valence-corrected chi connectivity index (χ2v) is 5.30. The number of aliphatic hydroxyl groups excluding tert-OH is 1. The largest absolute Gasteiger partial charge is 0.423 e. The molecule has 110 valence electrons. The van der Waals surface area contributed by atoms with Gasteiger partial charge >= 0.3 is 5.63 Å². The maximum atomic E-state index is 12.1. The van der Waals surface area contributed by atoms with Crippen LogP contribution in [0.3, 0.4) is 0 Å². The molecule has 0 unspecified atom stereocenters. The average Bonchev–Trinajstić information content (AvgIpc) is 2.85. The van der Waals surface area contributed by atoms with E-state index in [0.29, 0.717) is 24.2 Å². The molecule has 1 fully saturated rings. The molecule has 3 N–H and O–H groups in total. The molecule has 6 nitrogen and oxygen atoms in total. The van der Waals surface area contributed by atoms with E-state index in [1.165, 1.54) is 6.07 Å². The monoisotopic (exact) mass is 288 g/mol. The lowest BCUT2D eigenvalue weighted by molar-refractivity contribution is -0.117. The highest BCUT2D eigenvalue weighted by Gasteiger charge is 2.28. The Hall–Kier alpha value is -2.18. The van der Waals surface area contributed by atoms with Crippen molar-refractivity contribution in [1.29, 1.82) is 0 Å². The van der Waals surface area contributed by atoms with Crippen LogP contribution in [0.4, 0.5) is 5.69 Å². The fourth-order valence-electron chi connectivity index (χ4n) is 2.55. The molecule has 0 aliphatic carbocycles. The summed E-state index contributed by atoms with van der Waals surface area (Å²) in [4.78, 5) is 23.4. The normalized spacial score (nSPS) is 21.6. The number of benzene rings is 1. The molecular weight excluding hydrogens is 272 g/mol. The van der Waals surface area contributed by atoms with Gasteiger partial charge in [0, 0.05) is 29.8 Å². The summed E-state index contributed by atoms with van der Waals surface area (Å²) in [5.41, 5.74) is 1.42. The zero-order valence-corrected chi connectivity index (χ0v) is 11.6. The Bertz CT molecular complexity index is 753. The molecule has 6 heteroatoms. The van der Waals surface area contributed by atoms with Gasteiger partial charge in [-0.15, -0.1) is 0 Å². The number of fused-ring (bicyclic) bond motifs is 1. The standard InChI is InChI=1S/C15H16N2O4/c1-8-4-14(19)21-13-5-9(2-3-11(8)13)17-15(20)12-6-10(18)7-16-12/h2-5,10,12,16,18H,6-7H2,1H3,(H,17,20)/t10-,12-/m0/s1. The number of hydrogen-bond donors (Lipinski definition) is 3. The zero-order chi connectivity index (χ0) is 15.0. The van der Waals surface area contributed by atoms with E-state index in [9.17, 15) is 14.7 Å². The minimum absolute atomic E-state index is 0.207. The van der Waals surface area contributed by atoms with Gasteiger partial charge in [0.1, 0.15) is 5.58 Å². The summed E-state index contributed by atoms with van der Waals surface area (Å²) in [6.45, 7) is 2.26. The summed E-state index contributed by atoms with van der Waals surface area (Å²) in [5, 5.41) is 16.0. The average molecular weight is 288 g/mol. The van der Waals surface area contributed by atoms with Crippen LogP contribution in [-0.4, -0.2) is 29.7 Å². The van der Waals surface area contributed by atoms with Crippen molar-refractivity contribution < 1.29 is 14.3 Å². The molecule has 2 heterocycles. The lowest BCUT2D eigenvalue weighted by Crippen LogP contribution is -2.35. The Morgan fingerprint density at radius 2 is 2.24 bits per heavy atom. The highest BCUT2D eigenvalue weighted by Crippen LogP contribution is 2.21. The molecule has 1 aliphatic rings. The summed E-state index contributed by atoms with van der Waals surface area (Å²) in [6, 6.07) is 6.23. The maximum Gasteiger partial charge on any atom is 0.336 e. The Balaban J connectivity index is 1.84. The van der Waals surface area contributed by atoms with Crippen molar-refractivity contribution in [3.05, 3.63) is 40.2 Å². The fraction of sp³-hybridized carbons (Fsp3) is 0.333. The zero-order valence-electron chi connectivity index (χ0n) is 11.6. The number of amides is 1. The van der Waals surface area contributed by atoms with Crippen LogP contribution < -0.4 is 16.3 Å². The molecule has 0 bridgehead atoms. The number of aryl methyl sites for hydroxylation is 1. The van der Waals surface area contributed by atoms with Crippen molar-refractivity contribution in [3.8, 4) is 0 Å². The number of nitrogens with one attached hydrogen (secondary N) is 2. The van der Waals surface area contributed by atoms with E-state index in [-0.39, 0.29) is 5.91 Å². The Morgan fingerprint density at radius 3 is 2.95 bits per heavy atom. The lowest BCUT2D eigenvalue weighted by Gasteiger charge is -2.11. The Morgan fingerprint density at radius 1 is 1.43 bits per heavy atom. The first kappa shape index (κ1) is 13.8. The molecule has 0 saturated carbocycles. The number of hydrogen-bond acceptors (Lipinski definition) is 5. The second kappa shape index (κ2) is 5.31. The van der Waals surface area contributed by atoms with Crippen LogP contribution in [0.1, 0.15) is 12.0 Å². The van der Waals surface area contributed by atoms with Crippen molar-refractivity contribution >= 4 is 22.6 Å². The summed E-state index contributed by atoms with van der Waals surface area (Å²) >= 11 is 0. The quantitative estimate of drug-likeness (QED) is 0.710. The van der Waals surface area contributed by atoms with Crippen molar-refractivity contribution in [3.63, 3.8) is 0 Å². The number of anilines is 1. The SMILES string of the molecule is Cc1cc(=O)oc2cc(NC(=O)[C@@H]3C[C@H](O)CN3)ccc12. The highest BCUT2D eigenvalue weighted by atomic mass is 16.4. The summed E-state index contributed by atoms with van der Waals surface area (Å²) in [5.74, 6) is -0.207. The van der Waals surface area contributed by atoms with Crippen LogP contribution >= 0.6 is 0 Å². The molecule has 3 rings (SSSR count). The number of aliphatic hydroxyl groups is 1. The third-order valence-electron chi connectivity index (χ3n) is 3.64. The predicted molar refractivity (Wildman–Crippen MR) is 78.3 cm³/mol. The van der Waals surface area contributed by atoms with Gasteiger partial charge in [0.25, 0.3) is 0 Å². The third-order valence-corrected chi connectivity index (χ3v) is 3.64. The lowest BCUT2D eigenvalue weighted by atomic mass is 10.1. The summed E-state index contributed by atoms with van der Waals surface area (Å²) in [7, 11) is 0. The minimum atomic E-state index is -0.488. The van der Waals surface area contributed by atoms with E-state index in [0.717, 1.165) is 10.9 Å². The predicted octanol–water partition coefficient (Wildman–Crippen LogP) is 0.763. The summed E-state index contributed by atoms with van der Waals surface area (Å²) in [6.07, 6.45) is -0.0915. The number of carbonyl (C=O) groups is 1. The van der Waals surface area contributed by atoms with E-state index >= 15 is 0 Å². The molecule has 21 heavy (non-hydrogen) atoms. The molecule has 1 aromatic heterocycles. The molecule has 0 radical (unpaired) electrons. The molecule has 2 aromatic rings. The van der Waals surface area contributed by atoms with Gasteiger partial charge in [-0.2, -0.15) is 0 Å². The molecule has 1 amide bonds. The molecule has 1 aromatic carbocycles. The van der Waals surface area contributed by atoms with E-state index in [1.807, 2.05) is 6.92 Å². The molecular formula is C15H16N2O4. The second-order valence-electron chi connectivity index (χ2n) is 5.30. The van der Waals surface area contributed by atoms with E-state index in [4.69, 9.17) is 4.42 Å². The van der Waals surface area contributed by atoms with Gasteiger partial charge in [-0.1, -0.05) is 0 Å². The van der Waals surface area contributed by atoms with E-state index in [2.05, 4.69) is 10.6 Å². The van der Waals surface area contributed by atoms with Gasteiger partial charge in [0.05, 0.1) is 12.1 Å². The van der Waals surface area contributed by atoms with Crippen molar-refractivity contribution in [2.24, 2.45) is 0 Å². The van der Waals surface area contributed by atoms with Gasteiger partial charge in [0.2, 0.25) is 5.91 Å². The molecule has 1 aliphatic heterocycles. The van der Waals surface area contributed by atoms with Gasteiger partial charge < -0.3 is 20.2 Å². The van der Waals surface area contributed by atoms with Crippen LogP contribution in [0.2, 0.25) is 0 Å². The van der Waals surface area contributed by atoms with Gasteiger partial charge in [-0.3, -0.25) is 4.79 Å². The number of carbonyl (C=O) groups excluding carboxylic acids is 1. The maximum absolute atomic E-state index is 12.1. The Labute approximate surface area is 120 Å². The van der Waals surface area contributed by atoms with Gasteiger partial charge in [-0.05, 0) is 31.0 Å². The van der Waals surface area contributed by atoms with Crippen LogP contribution in [0, 0.1) is 6.92 Å². The van der Waals surface area contributed by atoms with E-state index in [1.54, 1.807) is 18.2 Å². The first-order chi connectivity index (χ1) is 10.0. The summed E-state index contributed by atoms with van der Waals surface area (Å²) < 4.78 is 5.14. The first-order valence-electron chi connectivity index (χ1n) is 6.80. The van der Waals surface area contributed by atoms with Gasteiger partial charge in [-0.25, -0.2) is 4.79 Å². The molecule has 0 spiro atoms. The van der Waals surface area contributed by atoms with Crippen LogP contribution in [0.25, 0.3) is 11.0 Å². The molecule has 1 saturated heterocycles. The smallest absolute Gasteiger partial charge is 0.336 e. The topological polar surface area (TPSA) is 91.6 Å². The number of β-amino-alcohol motifs (C(OH)–C–C–N with tert-alkyl or cyclic N) is 1. The van der Waals surface area contributed by atoms with Gasteiger partial charge in [0.15, 0.2) is 0 Å². The molecule has 2 atom stereocenters. The van der Waals surface area contributed by atoms with Crippen molar-refractivity contribution in [2.45, 2.75) is 25.5 Å². The van der Waals surface area contributed by atoms with Crippen molar-refractivity contribution in [2.75, 3.05) is 11.9 Å². The van der Waals surface area contributed by atoms with E-state index < -0.39 is 17.8 Å². The van der Waals surface area contributed by atoms with Crippen LogP contribution in [-0.2, 0) is 4.79 Å². The fourth-order valence-corrected chi connectivity index (χ4v) is 2.55. The highest BCUT2D eigenvalue weighted by molar-refractivity contribution is 5.97. The van der Waals surface area contributed by atoms with Crippen molar-refractivity contribution in [1.82, 2.24) is 5.32 Å². The number of rotatable bonds is 2. The first-order valence-corrected chi connectivity index (χ1v) is 6.80. The minimum Gasteiger partial charge on any atom is -0.423 e.